The summed E-state index contributed by atoms with van der Waals surface area (Å²) >= 11 is 0. The first-order valence-electron chi connectivity index (χ1n) is 9.14. The van der Waals surface area contributed by atoms with E-state index in [4.69, 9.17) is 4.98 Å². The molecule has 4 rings (SSSR count). The average molecular weight is 372 g/mol. The quantitative estimate of drug-likeness (QED) is 0.557. The molecule has 4 aromatic rings. The first-order valence-corrected chi connectivity index (χ1v) is 9.14. The van der Waals surface area contributed by atoms with E-state index in [1.165, 1.54) is 6.07 Å². The molecule has 2 heterocycles. The van der Waals surface area contributed by atoms with Crippen molar-refractivity contribution in [2.24, 2.45) is 0 Å². The van der Waals surface area contributed by atoms with Crippen molar-refractivity contribution in [1.29, 1.82) is 0 Å². The van der Waals surface area contributed by atoms with Gasteiger partial charge in [-0.2, -0.15) is 0 Å². The number of carboxylic acid groups (broad SMARTS) is 1. The van der Waals surface area contributed by atoms with Crippen molar-refractivity contribution < 1.29 is 15.0 Å². The third-order valence-electron chi connectivity index (χ3n) is 5.03. The van der Waals surface area contributed by atoms with Crippen LogP contribution in [0.5, 0.6) is 0 Å². The van der Waals surface area contributed by atoms with Crippen molar-refractivity contribution in [1.82, 2.24) is 9.38 Å². The van der Waals surface area contributed by atoms with Gasteiger partial charge in [-0.25, -0.2) is 9.78 Å². The average Bonchev–Trinajstić information content (AvgIpc) is 3.12. The highest BCUT2D eigenvalue weighted by atomic mass is 16.4. The second-order valence-corrected chi connectivity index (χ2v) is 6.65. The summed E-state index contributed by atoms with van der Waals surface area (Å²) in [5, 5.41) is 21.4. The van der Waals surface area contributed by atoms with Gasteiger partial charge in [0.1, 0.15) is 11.3 Å². The molecular weight excluding hydrogens is 352 g/mol. The number of aliphatic hydroxyl groups is 1. The van der Waals surface area contributed by atoms with Crippen LogP contribution in [0, 0.1) is 0 Å². The summed E-state index contributed by atoms with van der Waals surface area (Å²) in [6.07, 6.45) is 2.14. The number of carbonyl (C=O) groups is 1. The molecule has 0 aliphatic carbocycles. The number of pyridine rings is 1. The standard InChI is InChI=1S/C23H20N2O3/c1-2-19-21(24-20-14-13-16(22(26)27)15-25(19)20)23(28,17-9-5-3-6-10-17)18-11-7-4-8-12-18/h3-15,28H,2H2,1H3,(H,26,27). The van der Waals surface area contributed by atoms with Crippen molar-refractivity contribution in [3.05, 3.63) is 107 Å². The molecule has 0 spiro atoms. The van der Waals surface area contributed by atoms with E-state index in [0.29, 0.717) is 28.9 Å². The van der Waals surface area contributed by atoms with Gasteiger partial charge in [-0.1, -0.05) is 67.6 Å². The van der Waals surface area contributed by atoms with Gasteiger partial charge in [-0.3, -0.25) is 0 Å². The highest BCUT2D eigenvalue weighted by Gasteiger charge is 2.38. The van der Waals surface area contributed by atoms with Gasteiger partial charge in [0, 0.05) is 11.9 Å². The minimum atomic E-state index is -1.46. The Balaban J connectivity index is 2.05. The molecule has 0 aliphatic rings. The normalized spacial score (nSPS) is 11.6. The number of aromatic carboxylic acids is 1. The van der Waals surface area contributed by atoms with E-state index in [1.54, 1.807) is 16.7 Å². The van der Waals surface area contributed by atoms with Gasteiger partial charge in [-0.15, -0.1) is 0 Å². The van der Waals surface area contributed by atoms with Crippen LogP contribution in [-0.2, 0) is 12.0 Å². The SMILES string of the molecule is CCc1c(C(O)(c2ccccc2)c2ccccc2)nc2ccc(C(=O)O)cn12. The number of fused-ring (bicyclic) bond motifs is 1. The van der Waals surface area contributed by atoms with Crippen molar-refractivity contribution in [2.75, 3.05) is 0 Å². The molecule has 2 N–H and O–H groups in total. The fourth-order valence-electron chi connectivity index (χ4n) is 3.65. The van der Waals surface area contributed by atoms with Gasteiger partial charge < -0.3 is 14.6 Å². The highest BCUT2D eigenvalue weighted by molar-refractivity contribution is 5.87. The molecule has 2 aromatic carbocycles. The van der Waals surface area contributed by atoms with Crippen LogP contribution in [0.1, 0.15) is 39.8 Å². The van der Waals surface area contributed by atoms with E-state index >= 15 is 0 Å². The van der Waals surface area contributed by atoms with E-state index in [1.807, 2.05) is 67.6 Å². The Morgan fingerprint density at radius 1 is 0.964 bits per heavy atom. The van der Waals surface area contributed by atoms with Gasteiger partial charge in [0.25, 0.3) is 0 Å². The lowest BCUT2D eigenvalue weighted by Gasteiger charge is -2.29. The molecule has 0 aliphatic heterocycles. The minimum absolute atomic E-state index is 0.175. The van der Waals surface area contributed by atoms with Crippen LogP contribution in [0.3, 0.4) is 0 Å². The monoisotopic (exact) mass is 372 g/mol. The molecule has 0 saturated carbocycles. The maximum atomic E-state index is 12.0. The Morgan fingerprint density at radius 2 is 1.54 bits per heavy atom. The van der Waals surface area contributed by atoms with E-state index in [9.17, 15) is 15.0 Å². The van der Waals surface area contributed by atoms with Gasteiger partial charge in [-0.05, 0) is 29.7 Å². The van der Waals surface area contributed by atoms with E-state index < -0.39 is 11.6 Å². The molecule has 0 radical (unpaired) electrons. The molecule has 0 atom stereocenters. The van der Waals surface area contributed by atoms with Crippen LogP contribution < -0.4 is 0 Å². The molecule has 2 aromatic heterocycles. The summed E-state index contributed by atoms with van der Waals surface area (Å²) in [4.78, 5) is 16.1. The number of nitrogens with zero attached hydrogens (tertiary/aromatic N) is 2. The number of benzene rings is 2. The van der Waals surface area contributed by atoms with Crippen LogP contribution in [0.25, 0.3) is 5.65 Å². The lowest BCUT2D eigenvalue weighted by atomic mass is 9.82. The van der Waals surface area contributed by atoms with Crippen LogP contribution >= 0.6 is 0 Å². The maximum Gasteiger partial charge on any atom is 0.337 e. The Kier molecular flexibility index (Phi) is 4.45. The van der Waals surface area contributed by atoms with Crippen molar-refractivity contribution in [3.63, 3.8) is 0 Å². The Hall–Kier alpha value is -3.44. The molecule has 140 valence electrons. The van der Waals surface area contributed by atoms with Gasteiger partial charge in [0.2, 0.25) is 0 Å². The lowest BCUT2D eigenvalue weighted by Crippen LogP contribution is -2.30. The number of carboxylic acids is 1. The highest BCUT2D eigenvalue weighted by Crippen LogP contribution is 2.38. The van der Waals surface area contributed by atoms with Crippen molar-refractivity contribution >= 4 is 11.6 Å². The minimum Gasteiger partial charge on any atom is -0.478 e. The molecule has 28 heavy (non-hydrogen) atoms. The number of aryl methyl sites for hydroxylation is 1. The summed E-state index contributed by atoms with van der Waals surface area (Å²) < 4.78 is 1.76. The molecule has 5 heteroatoms. The summed E-state index contributed by atoms with van der Waals surface area (Å²) in [7, 11) is 0. The topological polar surface area (TPSA) is 74.8 Å². The predicted octanol–water partition coefficient (Wildman–Crippen LogP) is 3.88. The van der Waals surface area contributed by atoms with Crippen molar-refractivity contribution in [2.45, 2.75) is 18.9 Å². The molecule has 0 saturated heterocycles. The fraction of sp³-hybridized carbons (Fsp3) is 0.130. The maximum absolute atomic E-state index is 12.0. The molecule has 5 nitrogen and oxygen atoms in total. The zero-order valence-electron chi connectivity index (χ0n) is 15.4. The molecule has 0 amide bonds. The largest absolute Gasteiger partial charge is 0.478 e. The zero-order valence-corrected chi connectivity index (χ0v) is 15.4. The number of rotatable bonds is 5. The summed E-state index contributed by atoms with van der Waals surface area (Å²) in [5.41, 5.74) is 2.01. The second-order valence-electron chi connectivity index (χ2n) is 6.65. The smallest absolute Gasteiger partial charge is 0.337 e. The van der Waals surface area contributed by atoms with Crippen molar-refractivity contribution in [3.8, 4) is 0 Å². The van der Waals surface area contributed by atoms with Crippen LogP contribution in [-0.4, -0.2) is 25.6 Å². The Morgan fingerprint density at radius 3 is 2.04 bits per heavy atom. The van der Waals surface area contributed by atoms with E-state index in [2.05, 4.69) is 0 Å². The summed E-state index contributed by atoms with van der Waals surface area (Å²) in [6.45, 7) is 1.97. The van der Waals surface area contributed by atoms with Crippen LogP contribution in [0.4, 0.5) is 0 Å². The van der Waals surface area contributed by atoms with Gasteiger partial charge in [0.05, 0.1) is 5.56 Å². The lowest BCUT2D eigenvalue weighted by molar-refractivity contribution is 0.0696. The molecule has 0 bridgehead atoms. The van der Waals surface area contributed by atoms with Gasteiger partial charge in [0.15, 0.2) is 5.60 Å². The Labute approximate surface area is 162 Å². The second kappa shape index (κ2) is 6.94. The molecule has 0 fully saturated rings. The predicted molar refractivity (Wildman–Crippen MR) is 107 cm³/mol. The number of imidazole rings is 1. The van der Waals surface area contributed by atoms with E-state index in [0.717, 1.165) is 5.69 Å². The molecular formula is C23H20N2O3. The number of hydrogen-bond donors (Lipinski definition) is 2. The fourth-order valence-corrected chi connectivity index (χ4v) is 3.65. The molecule has 0 unspecified atom stereocenters. The third kappa shape index (κ3) is 2.77. The first kappa shape index (κ1) is 17.9. The number of hydrogen-bond acceptors (Lipinski definition) is 3. The first-order chi connectivity index (χ1) is 13.6. The van der Waals surface area contributed by atoms with Crippen LogP contribution in [0.15, 0.2) is 79.0 Å². The Bertz CT molecular complexity index is 1100. The number of aromatic nitrogens is 2. The van der Waals surface area contributed by atoms with Crippen LogP contribution in [0.2, 0.25) is 0 Å². The summed E-state index contributed by atoms with van der Waals surface area (Å²) in [6, 6.07) is 22.0. The van der Waals surface area contributed by atoms with Gasteiger partial charge >= 0.3 is 5.97 Å². The zero-order chi connectivity index (χ0) is 19.7. The summed E-state index contributed by atoms with van der Waals surface area (Å²) in [5.74, 6) is -0.999. The third-order valence-corrected chi connectivity index (χ3v) is 5.03. The van der Waals surface area contributed by atoms with E-state index in [-0.39, 0.29) is 5.56 Å².